The summed E-state index contributed by atoms with van der Waals surface area (Å²) in [5.41, 5.74) is 0. The molecule has 0 aliphatic rings. The molecule has 0 saturated heterocycles. The summed E-state index contributed by atoms with van der Waals surface area (Å²) in [6.07, 6.45) is 40.6. The van der Waals surface area contributed by atoms with Crippen LogP contribution in [0.5, 0.6) is 0 Å². The van der Waals surface area contributed by atoms with Crippen LogP contribution in [0.4, 0.5) is 0 Å². The topological polar surface area (TPSA) is 237 Å². The van der Waals surface area contributed by atoms with Crippen molar-refractivity contribution in [3.05, 3.63) is 0 Å². The maximum Gasteiger partial charge on any atom is 0.472 e. The number of phosphoric ester groups is 2. The monoisotopic (exact) mass is 1240 g/mol. The fraction of sp³-hybridized carbons (Fsp3) is 0.938. The minimum atomic E-state index is -4.95. The Labute approximate surface area is 511 Å². The Morgan fingerprint density at radius 2 is 0.548 bits per heavy atom. The number of unbranched alkanes of at least 4 members (excludes halogenated alkanes) is 34. The summed E-state index contributed by atoms with van der Waals surface area (Å²) in [6.45, 7) is 9.39. The van der Waals surface area contributed by atoms with E-state index in [4.69, 9.17) is 37.0 Å². The van der Waals surface area contributed by atoms with Gasteiger partial charge in [-0.05, 0) is 37.5 Å². The van der Waals surface area contributed by atoms with Gasteiger partial charge in [-0.2, -0.15) is 0 Å². The largest absolute Gasteiger partial charge is 0.472 e. The van der Waals surface area contributed by atoms with Crippen molar-refractivity contribution in [2.75, 3.05) is 39.6 Å². The van der Waals surface area contributed by atoms with Crippen LogP contribution in [0.15, 0.2) is 0 Å². The smallest absolute Gasteiger partial charge is 0.462 e. The number of aliphatic hydroxyl groups excluding tert-OH is 1. The lowest BCUT2D eigenvalue weighted by Gasteiger charge is -2.21. The summed E-state index contributed by atoms with van der Waals surface area (Å²) in [5.74, 6) is -0.683. The van der Waals surface area contributed by atoms with Gasteiger partial charge >= 0.3 is 39.5 Å². The Balaban J connectivity index is 5.20. The summed E-state index contributed by atoms with van der Waals surface area (Å²) in [7, 11) is -9.88. The zero-order chi connectivity index (χ0) is 62.2. The molecule has 3 N–H and O–H groups in total. The zero-order valence-electron chi connectivity index (χ0n) is 54.2. The zero-order valence-corrected chi connectivity index (χ0v) is 56.0. The van der Waals surface area contributed by atoms with Crippen LogP contribution in [0.1, 0.15) is 324 Å². The Bertz CT molecular complexity index is 1650. The van der Waals surface area contributed by atoms with Crippen molar-refractivity contribution < 1.29 is 80.2 Å². The number of ether oxygens (including phenoxy) is 4. The number of carbonyl (C=O) groups excluding carboxylic acids is 4. The predicted octanol–water partition coefficient (Wildman–Crippen LogP) is 18.0. The molecule has 2 unspecified atom stereocenters. The first kappa shape index (κ1) is 82.1. The molecule has 0 aliphatic carbocycles. The normalized spacial score (nSPS) is 14.3. The highest BCUT2D eigenvalue weighted by Crippen LogP contribution is 2.45. The maximum absolute atomic E-state index is 13.0. The molecule has 5 atom stereocenters. The summed E-state index contributed by atoms with van der Waals surface area (Å²) >= 11 is 0. The lowest BCUT2D eigenvalue weighted by molar-refractivity contribution is -0.161. The molecule has 0 aromatic heterocycles. The average Bonchev–Trinajstić information content (AvgIpc) is 3.49. The third kappa shape index (κ3) is 59.0. The number of hydrogen-bond donors (Lipinski definition) is 3. The molecule has 0 saturated carbocycles. The van der Waals surface area contributed by atoms with Gasteiger partial charge in [0.25, 0.3) is 0 Å². The maximum atomic E-state index is 13.0. The van der Waals surface area contributed by atoms with Crippen LogP contribution >= 0.6 is 15.6 Å². The van der Waals surface area contributed by atoms with Crippen molar-refractivity contribution in [3.63, 3.8) is 0 Å². The number of aliphatic hydroxyl groups is 1. The lowest BCUT2D eigenvalue weighted by Crippen LogP contribution is -2.30. The standard InChI is InChI=1S/C65H126O17P2/c1-7-9-11-13-15-16-17-22-25-29-36-42-48-63(68)76-54-60(81-64(69)49-43-37-30-26-23-20-18-19-21-24-28-33-39-45-57(3)4)55-79-83(71,72)77-51-59(66)52-78-84(73,74)80-56-61(53-75-62(67)47-41-35-27-14-12-10-8-2)82-65(70)50-44-38-32-31-34-40-46-58(5)6/h57-61,66H,7-56H2,1-6H3,(H,71,72)(H,73,74)/t59-,60-,61-/m1/s1. The predicted molar refractivity (Wildman–Crippen MR) is 335 cm³/mol. The quantitative estimate of drug-likeness (QED) is 0.0222. The van der Waals surface area contributed by atoms with E-state index in [0.29, 0.717) is 31.6 Å². The van der Waals surface area contributed by atoms with Gasteiger partial charge in [-0.25, -0.2) is 9.13 Å². The fourth-order valence-electron chi connectivity index (χ4n) is 9.71. The molecule has 17 nitrogen and oxygen atoms in total. The second-order valence-corrected chi connectivity index (χ2v) is 27.4. The third-order valence-corrected chi connectivity index (χ3v) is 16.9. The molecule has 0 heterocycles. The third-order valence-electron chi connectivity index (χ3n) is 15.0. The SMILES string of the molecule is CCCCCCCCCCCCCCC(=O)OC[C@H](COP(=O)(O)OC[C@@H](O)COP(=O)(O)OC[C@@H](COC(=O)CCCCCCCCC)OC(=O)CCCCCCCCC(C)C)OC(=O)CCCCCCCCCCCCCCCC(C)C. The van der Waals surface area contributed by atoms with E-state index in [0.717, 1.165) is 109 Å². The van der Waals surface area contributed by atoms with Gasteiger partial charge in [-0.15, -0.1) is 0 Å². The number of hydrogen-bond acceptors (Lipinski definition) is 15. The Kier molecular flexibility index (Phi) is 56.2. The second-order valence-electron chi connectivity index (χ2n) is 24.5. The molecular formula is C65H126O17P2. The van der Waals surface area contributed by atoms with E-state index in [1.54, 1.807) is 0 Å². The van der Waals surface area contributed by atoms with E-state index in [9.17, 15) is 43.2 Å². The Hall–Kier alpha value is -1.94. The Morgan fingerprint density at radius 1 is 0.321 bits per heavy atom. The van der Waals surface area contributed by atoms with Crippen molar-refractivity contribution in [1.29, 1.82) is 0 Å². The first-order chi connectivity index (χ1) is 40.4. The highest BCUT2D eigenvalue weighted by Gasteiger charge is 2.30. The summed E-state index contributed by atoms with van der Waals surface area (Å²) in [5, 5.41) is 10.5. The van der Waals surface area contributed by atoms with Crippen LogP contribution in [0.25, 0.3) is 0 Å². The first-order valence-corrected chi connectivity index (χ1v) is 37.0. The molecule has 0 aromatic carbocycles. The van der Waals surface area contributed by atoms with E-state index in [1.165, 1.54) is 128 Å². The fourth-order valence-corrected chi connectivity index (χ4v) is 11.3. The van der Waals surface area contributed by atoms with Crippen LogP contribution < -0.4 is 0 Å². The van der Waals surface area contributed by atoms with Gasteiger partial charge in [0.2, 0.25) is 0 Å². The van der Waals surface area contributed by atoms with Crippen LogP contribution in [-0.4, -0.2) is 96.7 Å². The van der Waals surface area contributed by atoms with Crippen molar-refractivity contribution in [2.24, 2.45) is 11.8 Å². The number of rotatable bonds is 64. The van der Waals surface area contributed by atoms with Crippen molar-refractivity contribution in [2.45, 2.75) is 342 Å². The van der Waals surface area contributed by atoms with Crippen molar-refractivity contribution >= 4 is 39.5 Å². The van der Waals surface area contributed by atoms with E-state index in [1.807, 2.05) is 0 Å². The molecule has 0 bridgehead atoms. The molecule has 19 heteroatoms. The molecule has 0 aromatic rings. The van der Waals surface area contributed by atoms with E-state index >= 15 is 0 Å². The molecule has 0 rings (SSSR count). The van der Waals surface area contributed by atoms with Gasteiger partial charge in [0.05, 0.1) is 26.4 Å². The molecule has 0 radical (unpaired) electrons. The van der Waals surface area contributed by atoms with E-state index in [2.05, 4.69) is 41.5 Å². The Morgan fingerprint density at radius 3 is 0.810 bits per heavy atom. The van der Waals surface area contributed by atoms with Crippen LogP contribution in [0.2, 0.25) is 0 Å². The lowest BCUT2D eigenvalue weighted by atomic mass is 10.0. The van der Waals surface area contributed by atoms with Crippen LogP contribution in [0, 0.1) is 11.8 Å². The van der Waals surface area contributed by atoms with Gasteiger partial charge in [0.15, 0.2) is 12.2 Å². The van der Waals surface area contributed by atoms with Gasteiger partial charge < -0.3 is 33.8 Å². The summed E-state index contributed by atoms with van der Waals surface area (Å²) in [6, 6.07) is 0. The highest BCUT2D eigenvalue weighted by molar-refractivity contribution is 7.47. The average molecular weight is 1240 g/mol. The molecular weight excluding hydrogens is 1110 g/mol. The minimum absolute atomic E-state index is 0.102. The number of phosphoric acid groups is 2. The molecule has 0 amide bonds. The van der Waals surface area contributed by atoms with Gasteiger partial charge in [0, 0.05) is 25.7 Å². The summed E-state index contributed by atoms with van der Waals surface area (Å²) < 4.78 is 67.9. The first-order valence-electron chi connectivity index (χ1n) is 34.0. The molecule has 0 aliphatic heterocycles. The second kappa shape index (κ2) is 57.5. The molecule has 0 fully saturated rings. The van der Waals surface area contributed by atoms with Gasteiger partial charge in [-0.1, -0.05) is 273 Å². The van der Waals surface area contributed by atoms with Gasteiger partial charge in [0.1, 0.15) is 19.3 Å². The van der Waals surface area contributed by atoms with Gasteiger partial charge in [-0.3, -0.25) is 37.3 Å². The minimum Gasteiger partial charge on any atom is -0.462 e. The number of esters is 4. The molecule has 0 spiro atoms. The van der Waals surface area contributed by atoms with Crippen molar-refractivity contribution in [3.8, 4) is 0 Å². The van der Waals surface area contributed by atoms with Crippen LogP contribution in [0.3, 0.4) is 0 Å². The highest BCUT2D eigenvalue weighted by atomic mass is 31.2. The summed E-state index contributed by atoms with van der Waals surface area (Å²) in [4.78, 5) is 72.1. The van der Waals surface area contributed by atoms with E-state index < -0.39 is 97.5 Å². The molecule has 84 heavy (non-hydrogen) atoms. The number of carbonyl (C=O) groups is 4. The van der Waals surface area contributed by atoms with Crippen LogP contribution in [-0.2, 0) is 65.4 Å². The van der Waals surface area contributed by atoms with E-state index in [-0.39, 0.29) is 25.7 Å². The molecule has 498 valence electrons. The van der Waals surface area contributed by atoms with Crippen molar-refractivity contribution in [1.82, 2.24) is 0 Å².